The SMILES string of the molecule is Cc1ccc(N2CCCC(NC(C)C)C2)c(C)c1. The molecule has 18 heavy (non-hydrogen) atoms. The molecular formula is C16H26N2. The summed E-state index contributed by atoms with van der Waals surface area (Å²) < 4.78 is 0. The Bertz CT molecular complexity index is 398. The zero-order valence-corrected chi connectivity index (χ0v) is 12.2. The van der Waals surface area contributed by atoms with Crippen molar-refractivity contribution in [1.82, 2.24) is 5.32 Å². The zero-order chi connectivity index (χ0) is 13.1. The topological polar surface area (TPSA) is 15.3 Å². The highest BCUT2D eigenvalue weighted by molar-refractivity contribution is 5.54. The number of rotatable bonds is 3. The van der Waals surface area contributed by atoms with Crippen LogP contribution in [0, 0.1) is 13.8 Å². The Morgan fingerprint density at radius 3 is 2.72 bits per heavy atom. The van der Waals surface area contributed by atoms with E-state index in [9.17, 15) is 0 Å². The van der Waals surface area contributed by atoms with Crippen LogP contribution >= 0.6 is 0 Å². The van der Waals surface area contributed by atoms with E-state index in [1.165, 1.54) is 36.2 Å². The summed E-state index contributed by atoms with van der Waals surface area (Å²) in [5, 5.41) is 3.67. The standard InChI is InChI=1S/C16H26N2/c1-12(2)17-15-6-5-9-18(11-15)16-8-7-13(3)10-14(16)4/h7-8,10,12,15,17H,5-6,9,11H2,1-4H3. The molecule has 0 amide bonds. The van der Waals surface area contributed by atoms with Crippen LogP contribution in [0.5, 0.6) is 0 Å². The second kappa shape index (κ2) is 5.75. The second-order valence-corrected chi connectivity index (χ2v) is 5.90. The van der Waals surface area contributed by atoms with Crippen molar-refractivity contribution >= 4 is 5.69 Å². The van der Waals surface area contributed by atoms with Crippen LogP contribution < -0.4 is 10.2 Å². The monoisotopic (exact) mass is 246 g/mol. The van der Waals surface area contributed by atoms with Crippen molar-refractivity contribution in [3.05, 3.63) is 29.3 Å². The highest BCUT2D eigenvalue weighted by atomic mass is 15.2. The molecule has 0 bridgehead atoms. The second-order valence-electron chi connectivity index (χ2n) is 5.90. The summed E-state index contributed by atoms with van der Waals surface area (Å²) in [6.45, 7) is 11.2. The number of aryl methyl sites for hydroxylation is 2. The summed E-state index contributed by atoms with van der Waals surface area (Å²) >= 11 is 0. The highest BCUT2D eigenvalue weighted by Crippen LogP contribution is 2.24. The molecule has 1 fully saturated rings. The van der Waals surface area contributed by atoms with E-state index in [1.54, 1.807) is 0 Å². The normalized spacial score (nSPS) is 20.5. The van der Waals surface area contributed by atoms with Gasteiger partial charge >= 0.3 is 0 Å². The molecule has 2 rings (SSSR count). The summed E-state index contributed by atoms with van der Waals surface area (Å²) in [6, 6.07) is 8.01. The molecule has 2 heteroatoms. The molecule has 2 nitrogen and oxygen atoms in total. The van der Waals surface area contributed by atoms with Gasteiger partial charge in [0.15, 0.2) is 0 Å². The summed E-state index contributed by atoms with van der Waals surface area (Å²) in [6.07, 6.45) is 2.59. The third kappa shape index (κ3) is 3.26. The Morgan fingerprint density at radius 2 is 2.06 bits per heavy atom. The van der Waals surface area contributed by atoms with Crippen LogP contribution in [-0.4, -0.2) is 25.2 Å². The van der Waals surface area contributed by atoms with Crippen molar-refractivity contribution in [2.75, 3.05) is 18.0 Å². The molecule has 1 saturated heterocycles. The summed E-state index contributed by atoms with van der Waals surface area (Å²) in [4.78, 5) is 2.54. The van der Waals surface area contributed by atoms with Gasteiger partial charge in [-0.3, -0.25) is 0 Å². The van der Waals surface area contributed by atoms with Gasteiger partial charge in [-0.2, -0.15) is 0 Å². The van der Waals surface area contributed by atoms with Crippen LogP contribution in [0.25, 0.3) is 0 Å². The van der Waals surface area contributed by atoms with Crippen LogP contribution in [0.4, 0.5) is 5.69 Å². The van der Waals surface area contributed by atoms with Crippen molar-refractivity contribution in [1.29, 1.82) is 0 Å². The number of nitrogens with zero attached hydrogens (tertiary/aromatic N) is 1. The van der Waals surface area contributed by atoms with Crippen LogP contribution in [0.1, 0.15) is 37.8 Å². The molecule has 1 aromatic carbocycles. The van der Waals surface area contributed by atoms with Gasteiger partial charge in [-0.05, 0) is 38.3 Å². The van der Waals surface area contributed by atoms with Crippen molar-refractivity contribution < 1.29 is 0 Å². The first-order valence-corrected chi connectivity index (χ1v) is 7.14. The van der Waals surface area contributed by atoms with E-state index < -0.39 is 0 Å². The Hall–Kier alpha value is -1.02. The molecule has 1 N–H and O–H groups in total. The molecule has 1 atom stereocenters. The van der Waals surface area contributed by atoms with Gasteiger partial charge in [0.2, 0.25) is 0 Å². The zero-order valence-electron chi connectivity index (χ0n) is 12.2. The smallest absolute Gasteiger partial charge is 0.0396 e. The minimum Gasteiger partial charge on any atom is -0.370 e. The molecule has 100 valence electrons. The third-order valence-electron chi connectivity index (χ3n) is 3.68. The lowest BCUT2D eigenvalue weighted by molar-refractivity contribution is 0.394. The van der Waals surface area contributed by atoms with Gasteiger partial charge in [0, 0.05) is 30.9 Å². The Labute approximate surface area is 111 Å². The quantitative estimate of drug-likeness (QED) is 0.880. The molecule has 1 aromatic rings. The molecule has 0 spiro atoms. The van der Waals surface area contributed by atoms with Gasteiger partial charge < -0.3 is 10.2 Å². The predicted molar refractivity (Wildman–Crippen MR) is 79.4 cm³/mol. The third-order valence-corrected chi connectivity index (χ3v) is 3.68. The summed E-state index contributed by atoms with van der Waals surface area (Å²) in [5.74, 6) is 0. The largest absolute Gasteiger partial charge is 0.370 e. The van der Waals surface area contributed by atoms with Crippen LogP contribution in [0.2, 0.25) is 0 Å². The van der Waals surface area contributed by atoms with Crippen molar-refractivity contribution in [2.45, 2.75) is 52.6 Å². The number of benzene rings is 1. The van der Waals surface area contributed by atoms with Gasteiger partial charge in [0.1, 0.15) is 0 Å². The van der Waals surface area contributed by atoms with Crippen LogP contribution in [0.3, 0.4) is 0 Å². The van der Waals surface area contributed by atoms with E-state index >= 15 is 0 Å². The maximum absolute atomic E-state index is 3.67. The molecule has 0 radical (unpaired) electrons. The molecule has 0 saturated carbocycles. The molecule has 1 aliphatic heterocycles. The van der Waals surface area contributed by atoms with E-state index in [-0.39, 0.29) is 0 Å². The fourth-order valence-electron chi connectivity index (χ4n) is 2.96. The fraction of sp³-hybridized carbons (Fsp3) is 0.625. The van der Waals surface area contributed by atoms with Crippen LogP contribution in [-0.2, 0) is 0 Å². The van der Waals surface area contributed by atoms with Crippen molar-refractivity contribution in [3.63, 3.8) is 0 Å². The first-order valence-electron chi connectivity index (χ1n) is 7.14. The number of anilines is 1. The molecule has 1 unspecified atom stereocenters. The number of nitrogens with one attached hydrogen (secondary N) is 1. The minimum absolute atomic E-state index is 0.578. The van der Waals surface area contributed by atoms with E-state index in [0.717, 1.165) is 6.54 Å². The molecule has 1 heterocycles. The average Bonchev–Trinajstić information content (AvgIpc) is 2.28. The lowest BCUT2D eigenvalue weighted by Gasteiger charge is -2.36. The van der Waals surface area contributed by atoms with E-state index in [0.29, 0.717) is 12.1 Å². The lowest BCUT2D eigenvalue weighted by atomic mass is 10.0. The molecule has 0 aliphatic carbocycles. The summed E-state index contributed by atoms with van der Waals surface area (Å²) in [7, 11) is 0. The Kier molecular flexibility index (Phi) is 4.28. The van der Waals surface area contributed by atoms with Crippen molar-refractivity contribution in [2.24, 2.45) is 0 Å². The number of hydrogen-bond donors (Lipinski definition) is 1. The van der Waals surface area contributed by atoms with Gasteiger partial charge in [-0.1, -0.05) is 31.5 Å². The van der Waals surface area contributed by atoms with E-state index in [4.69, 9.17) is 0 Å². The van der Waals surface area contributed by atoms with E-state index in [1.807, 2.05) is 0 Å². The van der Waals surface area contributed by atoms with Crippen LogP contribution in [0.15, 0.2) is 18.2 Å². The fourth-order valence-corrected chi connectivity index (χ4v) is 2.96. The van der Waals surface area contributed by atoms with Gasteiger partial charge in [0.25, 0.3) is 0 Å². The molecule has 1 aliphatic rings. The Morgan fingerprint density at radius 1 is 1.28 bits per heavy atom. The van der Waals surface area contributed by atoms with Crippen molar-refractivity contribution in [3.8, 4) is 0 Å². The average molecular weight is 246 g/mol. The lowest BCUT2D eigenvalue weighted by Crippen LogP contribution is -2.48. The predicted octanol–water partition coefficient (Wildman–Crippen LogP) is 3.27. The van der Waals surface area contributed by atoms with Gasteiger partial charge in [-0.25, -0.2) is 0 Å². The van der Waals surface area contributed by atoms with Gasteiger partial charge in [-0.15, -0.1) is 0 Å². The summed E-state index contributed by atoms with van der Waals surface area (Å²) in [5.41, 5.74) is 4.17. The first kappa shape index (κ1) is 13.4. The van der Waals surface area contributed by atoms with E-state index in [2.05, 4.69) is 56.1 Å². The number of piperidine rings is 1. The Balaban J connectivity index is 2.08. The maximum Gasteiger partial charge on any atom is 0.0396 e. The first-order chi connectivity index (χ1) is 8.56. The molecular weight excluding hydrogens is 220 g/mol. The molecule has 0 aromatic heterocycles. The highest BCUT2D eigenvalue weighted by Gasteiger charge is 2.21. The maximum atomic E-state index is 3.67. The minimum atomic E-state index is 0.578. The van der Waals surface area contributed by atoms with Gasteiger partial charge in [0.05, 0.1) is 0 Å². The number of hydrogen-bond acceptors (Lipinski definition) is 2.